The normalized spacial score (nSPS) is 10.1. The molecule has 2 aromatic rings. The summed E-state index contributed by atoms with van der Waals surface area (Å²) in [6, 6.07) is 11.3. The van der Waals surface area contributed by atoms with Gasteiger partial charge in [0.1, 0.15) is 0 Å². The van der Waals surface area contributed by atoms with Gasteiger partial charge < -0.3 is 20.9 Å². The lowest BCUT2D eigenvalue weighted by molar-refractivity contribution is -0.123. The monoisotopic (exact) mass is 272 g/mol. The standard InChI is InChI=1S/C14H16N4O2/c15-9-13(19)16-10-14(20)17-11-4-3-5-12(8-11)18-6-1-2-7-18/h1-8H,9-10,15H2,(H,16,19)(H,17,20). The predicted molar refractivity (Wildman–Crippen MR) is 76.5 cm³/mol. The summed E-state index contributed by atoms with van der Waals surface area (Å²) in [6.07, 6.45) is 3.84. The quantitative estimate of drug-likeness (QED) is 0.740. The van der Waals surface area contributed by atoms with Gasteiger partial charge in [-0.15, -0.1) is 0 Å². The number of hydrogen-bond donors (Lipinski definition) is 3. The van der Waals surface area contributed by atoms with E-state index in [0.29, 0.717) is 5.69 Å². The molecule has 0 unspecified atom stereocenters. The number of carbonyl (C=O) groups excluding carboxylic acids is 2. The van der Waals surface area contributed by atoms with Gasteiger partial charge in [-0.05, 0) is 30.3 Å². The van der Waals surface area contributed by atoms with E-state index in [1.165, 1.54) is 0 Å². The molecule has 1 aromatic carbocycles. The number of rotatable bonds is 5. The highest BCUT2D eigenvalue weighted by atomic mass is 16.2. The molecule has 0 aliphatic heterocycles. The van der Waals surface area contributed by atoms with Gasteiger partial charge in [0, 0.05) is 23.8 Å². The fraction of sp³-hybridized carbons (Fsp3) is 0.143. The van der Waals surface area contributed by atoms with Gasteiger partial charge in [0.2, 0.25) is 11.8 Å². The first-order valence-corrected chi connectivity index (χ1v) is 6.19. The third-order valence-electron chi connectivity index (χ3n) is 2.66. The molecule has 2 amide bonds. The van der Waals surface area contributed by atoms with Crippen LogP contribution in [0, 0.1) is 0 Å². The van der Waals surface area contributed by atoms with Gasteiger partial charge in [0.05, 0.1) is 13.1 Å². The highest BCUT2D eigenvalue weighted by Crippen LogP contribution is 2.14. The minimum atomic E-state index is -0.360. The number of carbonyl (C=O) groups is 2. The molecule has 0 atom stereocenters. The fourth-order valence-electron chi connectivity index (χ4n) is 1.71. The summed E-state index contributed by atoms with van der Waals surface area (Å²) in [4.78, 5) is 22.6. The Morgan fingerprint density at radius 1 is 1.10 bits per heavy atom. The molecule has 0 bridgehead atoms. The van der Waals surface area contributed by atoms with E-state index in [1.54, 1.807) is 6.07 Å². The minimum absolute atomic E-state index is 0.0935. The van der Waals surface area contributed by atoms with Crippen molar-refractivity contribution >= 4 is 17.5 Å². The van der Waals surface area contributed by atoms with Gasteiger partial charge in [-0.25, -0.2) is 0 Å². The molecule has 0 aliphatic carbocycles. The van der Waals surface area contributed by atoms with Crippen molar-refractivity contribution in [2.75, 3.05) is 18.4 Å². The third-order valence-corrected chi connectivity index (χ3v) is 2.66. The molecule has 0 saturated carbocycles. The summed E-state index contributed by atoms with van der Waals surface area (Å²) in [5, 5.41) is 5.13. The Morgan fingerprint density at radius 3 is 2.55 bits per heavy atom. The average molecular weight is 272 g/mol. The number of hydrogen-bond acceptors (Lipinski definition) is 3. The van der Waals surface area contributed by atoms with Crippen LogP contribution in [0.4, 0.5) is 5.69 Å². The molecular weight excluding hydrogens is 256 g/mol. The smallest absolute Gasteiger partial charge is 0.243 e. The zero-order valence-corrected chi connectivity index (χ0v) is 10.9. The molecule has 6 nitrogen and oxygen atoms in total. The van der Waals surface area contributed by atoms with Crippen molar-refractivity contribution in [2.45, 2.75) is 0 Å². The molecule has 0 radical (unpaired) electrons. The van der Waals surface area contributed by atoms with Crippen molar-refractivity contribution < 1.29 is 9.59 Å². The topological polar surface area (TPSA) is 89.2 Å². The maximum absolute atomic E-state index is 11.7. The Bertz CT molecular complexity index is 593. The number of amides is 2. The molecule has 20 heavy (non-hydrogen) atoms. The van der Waals surface area contributed by atoms with Crippen molar-refractivity contribution in [3.05, 3.63) is 48.8 Å². The first-order valence-electron chi connectivity index (χ1n) is 6.19. The van der Waals surface area contributed by atoms with Crippen LogP contribution in [-0.2, 0) is 9.59 Å². The van der Waals surface area contributed by atoms with Crippen molar-refractivity contribution in [1.29, 1.82) is 0 Å². The second-order valence-electron chi connectivity index (χ2n) is 4.17. The highest BCUT2D eigenvalue weighted by Gasteiger charge is 2.05. The summed E-state index contributed by atoms with van der Waals surface area (Å²) in [6.45, 7) is -0.222. The van der Waals surface area contributed by atoms with Gasteiger partial charge in [-0.3, -0.25) is 9.59 Å². The number of nitrogens with two attached hydrogens (primary N) is 1. The van der Waals surface area contributed by atoms with E-state index in [-0.39, 0.29) is 24.9 Å². The van der Waals surface area contributed by atoms with Crippen LogP contribution in [0.15, 0.2) is 48.8 Å². The predicted octanol–water partition coefficient (Wildman–Crippen LogP) is 0.491. The Labute approximate surface area is 116 Å². The van der Waals surface area contributed by atoms with Crippen LogP contribution >= 0.6 is 0 Å². The summed E-state index contributed by atoms with van der Waals surface area (Å²) in [7, 11) is 0. The van der Waals surface area contributed by atoms with E-state index in [4.69, 9.17) is 5.73 Å². The van der Waals surface area contributed by atoms with Crippen LogP contribution in [0.1, 0.15) is 0 Å². The molecule has 1 heterocycles. The van der Waals surface area contributed by atoms with Crippen LogP contribution < -0.4 is 16.4 Å². The van der Waals surface area contributed by atoms with Gasteiger partial charge in [0.25, 0.3) is 0 Å². The van der Waals surface area contributed by atoms with Gasteiger partial charge in [0.15, 0.2) is 0 Å². The number of benzene rings is 1. The molecule has 0 saturated heterocycles. The number of aromatic nitrogens is 1. The second-order valence-corrected chi connectivity index (χ2v) is 4.17. The van der Waals surface area contributed by atoms with Crippen molar-refractivity contribution in [2.24, 2.45) is 5.73 Å². The van der Waals surface area contributed by atoms with E-state index >= 15 is 0 Å². The van der Waals surface area contributed by atoms with E-state index in [2.05, 4.69) is 10.6 Å². The number of nitrogens with one attached hydrogen (secondary N) is 2. The van der Waals surface area contributed by atoms with Crippen LogP contribution in [-0.4, -0.2) is 29.5 Å². The Kier molecular flexibility index (Phi) is 4.52. The summed E-state index contributed by atoms with van der Waals surface area (Å²) < 4.78 is 1.94. The second kappa shape index (κ2) is 6.53. The van der Waals surface area contributed by atoms with Crippen molar-refractivity contribution in [1.82, 2.24) is 9.88 Å². The number of nitrogens with zero attached hydrogens (tertiary/aromatic N) is 1. The zero-order chi connectivity index (χ0) is 14.4. The molecule has 1 aromatic heterocycles. The van der Waals surface area contributed by atoms with E-state index in [1.807, 2.05) is 47.3 Å². The van der Waals surface area contributed by atoms with Crippen molar-refractivity contribution in [3.8, 4) is 5.69 Å². The van der Waals surface area contributed by atoms with Crippen molar-refractivity contribution in [3.63, 3.8) is 0 Å². The third kappa shape index (κ3) is 3.69. The summed E-state index contributed by atoms with van der Waals surface area (Å²) in [5.74, 6) is -0.655. The van der Waals surface area contributed by atoms with Gasteiger partial charge >= 0.3 is 0 Å². The van der Waals surface area contributed by atoms with Crippen LogP contribution in [0.3, 0.4) is 0 Å². The lowest BCUT2D eigenvalue weighted by atomic mass is 10.2. The molecule has 104 valence electrons. The first kappa shape index (κ1) is 13.8. The first-order chi connectivity index (χ1) is 9.69. The molecular formula is C14H16N4O2. The molecule has 0 fully saturated rings. The van der Waals surface area contributed by atoms with E-state index < -0.39 is 0 Å². The number of anilines is 1. The molecule has 0 aliphatic rings. The maximum Gasteiger partial charge on any atom is 0.243 e. The summed E-state index contributed by atoms with van der Waals surface area (Å²) >= 11 is 0. The molecule has 4 N–H and O–H groups in total. The maximum atomic E-state index is 11.7. The molecule has 6 heteroatoms. The van der Waals surface area contributed by atoms with E-state index in [0.717, 1.165) is 5.69 Å². The van der Waals surface area contributed by atoms with Gasteiger partial charge in [-0.1, -0.05) is 6.07 Å². The highest BCUT2D eigenvalue weighted by molar-refractivity contribution is 5.94. The largest absolute Gasteiger partial charge is 0.346 e. The lowest BCUT2D eigenvalue weighted by Gasteiger charge is -2.08. The summed E-state index contributed by atoms with van der Waals surface area (Å²) in [5.41, 5.74) is 6.75. The molecule has 2 rings (SSSR count). The van der Waals surface area contributed by atoms with Gasteiger partial charge in [-0.2, -0.15) is 0 Å². The lowest BCUT2D eigenvalue weighted by Crippen LogP contribution is -2.36. The Hall–Kier alpha value is -2.60. The van der Waals surface area contributed by atoms with Crippen LogP contribution in [0.25, 0.3) is 5.69 Å². The fourth-order valence-corrected chi connectivity index (χ4v) is 1.71. The SMILES string of the molecule is NCC(=O)NCC(=O)Nc1cccc(-n2cccc2)c1. The minimum Gasteiger partial charge on any atom is -0.346 e. The Morgan fingerprint density at radius 2 is 1.85 bits per heavy atom. The van der Waals surface area contributed by atoms with Crippen LogP contribution in [0.2, 0.25) is 0 Å². The average Bonchev–Trinajstić information content (AvgIpc) is 2.99. The van der Waals surface area contributed by atoms with Crippen LogP contribution in [0.5, 0.6) is 0 Å². The zero-order valence-electron chi connectivity index (χ0n) is 10.9. The molecule has 0 spiro atoms. The van der Waals surface area contributed by atoms with E-state index in [9.17, 15) is 9.59 Å². The Balaban J connectivity index is 1.98.